The maximum atomic E-state index is 14.1. The molecular weight excluding hydrogens is 237 g/mol. The summed E-state index contributed by atoms with van der Waals surface area (Å²) >= 11 is 1.26. The number of benzene rings is 1. The van der Waals surface area contributed by atoms with E-state index in [1.807, 2.05) is 0 Å². The first kappa shape index (κ1) is 12.7. The van der Waals surface area contributed by atoms with Crippen LogP contribution in [-0.4, -0.2) is 24.5 Å². The van der Waals surface area contributed by atoms with E-state index in [-0.39, 0.29) is 11.6 Å². The predicted molar refractivity (Wildman–Crippen MR) is 69.1 cm³/mol. The van der Waals surface area contributed by atoms with Crippen molar-refractivity contribution in [3.8, 4) is 5.75 Å². The fraction of sp³-hybridized carbons (Fsp3) is 0.538. The van der Waals surface area contributed by atoms with Crippen molar-refractivity contribution in [2.45, 2.75) is 24.2 Å². The third-order valence-corrected chi connectivity index (χ3v) is 4.06. The van der Waals surface area contributed by atoms with Crippen molar-refractivity contribution in [1.29, 1.82) is 0 Å². The van der Waals surface area contributed by atoms with Crippen molar-refractivity contribution < 1.29 is 9.50 Å². The Morgan fingerprint density at radius 2 is 2.35 bits per heavy atom. The minimum atomic E-state index is -0.247. The minimum absolute atomic E-state index is 0.0421. The largest absolute Gasteiger partial charge is 0.507 e. The van der Waals surface area contributed by atoms with E-state index in [0.29, 0.717) is 10.8 Å². The van der Waals surface area contributed by atoms with Gasteiger partial charge in [-0.25, -0.2) is 4.39 Å². The summed E-state index contributed by atoms with van der Waals surface area (Å²) in [7, 11) is 0. The molecule has 1 aliphatic heterocycles. The zero-order chi connectivity index (χ0) is 12.3. The molecule has 1 aromatic rings. The normalized spacial score (nSPS) is 20.5. The van der Waals surface area contributed by atoms with Gasteiger partial charge in [-0.05, 0) is 56.2 Å². The van der Waals surface area contributed by atoms with Crippen molar-refractivity contribution in [3.63, 3.8) is 0 Å². The molecule has 0 aliphatic carbocycles. The highest BCUT2D eigenvalue weighted by Gasteiger charge is 2.18. The number of hydrogen-bond donors (Lipinski definition) is 2. The second kappa shape index (κ2) is 5.74. The van der Waals surface area contributed by atoms with E-state index in [2.05, 4.69) is 5.32 Å². The summed E-state index contributed by atoms with van der Waals surface area (Å²) in [5, 5.41) is 12.9. The number of hydrogen-bond acceptors (Lipinski definition) is 3. The number of phenolic OH excluding ortho intramolecular Hbond substituents is 1. The lowest BCUT2D eigenvalue weighted by molar-refractivity contribution is 0.369. The third kappa shape index (κ3) is 2.93. The molecule has 0 saturated carbocycles. The lowest BCUT2D eigenvalue weighted by Crippen LogP contribution is -2.31. The molecule has 0 radical (unpaired) electrons. The van der Waals surface area contributed by atoms with E-state index in [1.54, 1.807) is 18.4 Å². The molecule has 0 amide bonds. The summed E-state index contributed by atoms with van der Waals surface area (Å²) in [6.07, 6.45) is 4.86. The molecule has 0 aromatic heterocycles. The molecule has 17 heavy (non-hydrogen) atoms. The highest BCUT2D eigenvalue weighted by atomic mass is 32.2. The molecule has 1 aliphatic rings. The lowest BCUT2D eigenvalue weighted by Gasteiger charge is -2.23. The summed E-state index contributed by atoms with van der Waals surface area (Å²) in [6.45, 7) is 2.04. The van der Waals surface area contributed by atoms with Gasteiger partial charge >= 0.3 is 0 Å². The molecule has 2 rings (SSSR count). The van der Waals surface area contributed by atoms with Gasteiger partial charge in [-0.15, -0.1) is 11.8 Å². The van der Waals surface area contributed by atoms with Crippen LogP contribution in [0.5, 0.6) is 5.75 Å². The Kier molecular flexibility index (Phi) is 4.29. The number of nitrogens with one attached hydrogen (secondary N) is 1. The average molecular weight is 255 g/mol. The molecule has 2 N–H and O–H groups in total. The second-order valence-corrected chi connectivity index (χ2v) is 5.32. The summed E-state index contributed by atoms with van der Waals surface area (Å²) < 4.78 is 14.1. The number of aromatic hydroxyl groups is 1. The monoisotopic (exact) mass is 255 g/mol. The van der Waals surface area contributed by atoms with Crippen LogP contribution in [0.3, 0.4) is 0 Å². The molecule has 94 valence electrons. The van der Waals surface area contributed by atoms with Gasteiger partial charge in [0, 0.05) is 0 Å². The van der Waals surface area contributed by atoms with Crippen LogP contribution < -0.4 is 5.32 Å². The van der Waals surface area contributed by atoms with Gasteiger partial charge in [0.25, 0.3) is 0 Å². The minimum Gasteiger partial charge on any atom is -0.507 e. The Labute approximate surface area is 106 Å². The van der Waals surface area contributed by atoms with E-state index < -0.39 is 0 Å². The summed E-state index contributed by atoms with van der Waals surface area (Å²) in [4.78, 5) is 0.367. The van der Waals surface area contributed by atoms with Gasteiger partial charge in [0.15, 0.2) is 0 Å². The molecule has 2 nitrogen and oxygen atoms in total. The third-order valence-electron chi connectivity index (χ3n) is 3.27. The van der Waals surface area contributed by atoms with Gasteiger partial charge in [0.1, 0.15) is 11.6 Å². The van der Waals surface area contributed by atoms with Crippen molar-refractivity contribution in [2.75, 3.05) is 19.3 Å². The van der Waals surface area contributed by atoms with Crippen LogP contribution in [0.15, 0.2) is 17.0 Å². The van der Waals surface area contributed by atoms with Crippen molar-refractivity contribution >= 4 is 11.8 Å². The Balaban J connectivity index is 2.15. The van der Waals surface area contributed by atoms with Crippen molar-refractivity contribution in [2.24, 2.45) is 5.92 Å². The smallest absolute Gasteiger partial charge is 0.143 e. The first-order chi connectivity index (χ1) is 8.22. The van der Waals surface area contributed by atoms with Gasteiger partial charge < -0.3 is 10.4 Å². The first-order valence-electron chi connectivity index (χ1n) is 5.97. The Morgan fingerprint density at radius 3 is 3.00 bits per heavy atom. The Bertz CT molecular complexity index is 391. The lowest BCUT2D eigenvalue weighted by atomic mass is 9.92. The molecule has 1 atom stereocenters. The van der Waals surface area contributed by atoms with Crippen molar-refractivity contribution in [1.82, 2.24) is 5.32 Å². The van der Waals surface area contributed by atoms with Crippen LogP contribution in [0.4, 0.5) is 4.39 Å². The van der Waals surface area contributed by atoms with E-state index >= 15 is 0 Å². The standard InChI is InChI=1S/C13H18FNOS/c1-17-13-11(16)5-4-10(12(13)14)7-9-3-2-6-15-8-9/h4-5,9,15-16H,2-3,6-8H2,1H3. The summed E-state index contributed by atoms with van der Waals surface area (Å²) in [6, 6.07) is 3.31. The van der Waals surface area contributed by atoms with Crippen LogP contribution in [0.25, 0.3) is 0 Å². The fourth-order valence-electron chi connectivity index (χ4n) is 2.35. The Morgan fingerprint density at radius 1 is 1.53 bits per heavy atom. The van der Waals surface area contributed by atoms with Gasteiger partial charge in [-0.2, -0.15) is 0 Å². The summed E-state index contributed by atoms with van der Waals surface area (Å²) in [5.41, 5.74) is 0.723. The maximum absolute atomic E-state index is 14.1. The molecule has 1 saturated heterocycles. The van der Waals surface area contributed by atoms with Gasteiger partial charge in [0.2, 0.25) is 0 Å². The van der Waals surface area contributed by atoms with E-state index in [0.717, 1.165) is 31.5 Å². The highest BCUT2D eigenvalue weighted by Crippen LogP contribution is 2.32. The molecule has 1 heterocycles. The van der Waals surface area contributed by atoms with Crippen LogP contribution in [0, 0.1) is 11.7 Å². The Hall–Kier alpha value is -0.740. The molecule has 1 aromatic carbocycles. The second-order valence-electron chi connectivity index (χ2n) is 4.51. The molecule has 4 heteroatoms. The number of phenols is 1. The molecular formula is C13H18FNOS. The molecule has 0 spiro atoms. The topological polar surface area (TPSA) is 32.3 Å². The van der Waals surface area contributed by atoms with Gasteiger partial charge in [0.05, 0.1) is 4.90 Å². The van der Waals surface area contributed by atoms with E-state index in [9.17, 15) is 9.50 Å². The SMILES string of the molecule is CSc1c(O)ccc(CC2CCCNC2)c1F. The highest BCUT2D eigenvalue weighted by molar-refractivity contribution is 7.98. The number of thioether (sulfide) groups is 1. The number of halogens is 1. The quantitative estimate of drug-likeness (QED) is 0.815. The number of rotatable bonds is 3. The van der Waals surface area contributed by atoms with Crippen LogP contribution >= 0.6 is 11.8 Å². The zero-order valence-electron chi connectivity index (χ0n) is 10.0. The predicted octanol–water partition coefficient (Wildman–Crippen LogP) is 2.80. The molecule has 0 bridgehead atoms. The van der Waals surface area contributed by atoms with Crippen LogP contribution in [-0.2, 0) is 6.42 Å². The van der Waals surface area contributed by atoms with Gasteiger partial charge in [-0.1, -0.05) is 6.07 Å². The fourth-order valence-corrected chi connectivity index (χ4v) is 2.94. The van der Waals surface area contributed by atoms with E-state index in [1.165, 1.54) is 18.2 Å². The average Bonchev–Trinajstić information content (AvgIpc) is 2.35. The van der Waals surface area contributed by atoms with Crippen molar-refractivity contribution in [3.05, 3.63) is 23.5 Å². The van der Waals surface area contributed by atoms with Gasteiger partial charge in [-0.3, -0.25) is 0 Å². The first-order valence-corrected chi connectivity index (χ1v) is 7.20. The number of piperidine rings is 1. The summed E-state index contributed by atoms with van der Waals surface area (Å²) in [5.74, 6) is 0.307. The van der Waals surface area contributed by atoms with Crippen LogP contribution in [0.1, 0.15) is 18.4 Å². The zero-order valence-corrected chi connectivity index (χ0v) is 10.8. The van der Waals surface area contributed by atoms with E-state index in [4.69, 9.17) is 0 Å². The maximum Gasteiger partial charge on any atom is 0.143 e. The van der Waals surface area contributed by atoms with Crippen LogP contribution in [0.2, 0.25) is 0 Å². The molecule has 1 fully saturated rings. The molecule has 1 unspecified atom stereocenters.